The minimum atomic E-state index is 0.885. The van der Waals surface area contributed by atoms with Gasteiger partial charge in [-0.15, -0.1) is 0 Å². The molecule has 0 aliphatic carbocycles. The Labute approximate surface area is 98.8 Å². The summed E-state index contributed by atoms with van der Waals surface area (Å²) in [6.07, 6.45) is 1.08. The summed E-state index contributed by atoms with van der Waals surface area (Å²) in [5, 5.41) is 3.35. The number of nitrogens with zero attached hydrogens (tertiary/aromatic N) is 1. The first kappa shape index (κ1) is 12.8. The molecule has 0 radical (unpaired) electrons. The predicted molar refractivity (Wildman–Crippen MR) is 71.3 cm³/mol. The van der Waals surface area contributed by atoms with Crippen LogP contribution in [0.5, 0.6) is 0 Å². The molecule has 0 saturated carbocycles. The highest BCUT2D eigenvalue weighted by molar-refractivity contribution is 6.00. The van der Waals surface area contributed by atoms with E-state index in [1.54, 1.807) is 0 Å². The molecule has 0 atom stereocenters. The van der Waals surface area contributed by atoms with E-state index >= 15 is 0 Å². The molecule has 1 aromatic rings. The first-order chi connectivity index (χ1) is 7.69. The van der Waals surface area contributed by atoms with Crippen molar-refractivity contribution in [3.05, 3.63) is 34.9 Å². The zero-order valence-corrected chi connectivity index (χ0v) is 10.8. The van der Waals surface area contributed by atoms with E-state index in [2.05, 4.69) is 56.2 Å². The van der Waals surface area contributed by atoms with E-state index in [1.165, 1.54) is 16.7 Å². The molecule has 2 heteroatoms. The lowest BCUT2D eigenvalue weighted by Crippen LogP contribution is -2.25. The van der Waals surface area contributed by atoms with E-state index in [0.29, 0.717) is 0 Å². The van der Waals surface area contributed by atoms with E-state index in [-0.39, 0.29) is 0 Å². The van der Waals surface area contributed by atoms with Crippen molar-refractivity contribution in [3.8, 4) is 0 Å². The summed E-state index contributed by atoms with van der Waals surface area (Å²) in [6.45, 7) is 10.3. The second-order valence-corrected chi connectivity index (χ2v) is 4.08. The molecule has 0 aliphatic heterocycles. The Morgan fingerprint density at radius 2 is 2.00 bits per heavy atom. The summed E-state index contributed by atoms with van der Waals surface area (Å²) >= 11 is 0. The average Bonchev–Trinajstić information content (AvgIpc) is 2.28. The Kier molecular flexibility index (Phi) is 5.03. The van der Waals surface area contributed by atoms with Crippen LogP contribution >= 0.6 is 0 Å². The molecule has 0 heterocycles. The lowest BCUT2D eigenvalue weighted by molar-refractivity contribution is 0.896. The number of amidine groups is 1. The lowest BCUT2D eigenvalue weighted by Gasteiger charge is -2.12. The van der Waals surface area contributed by atoms with Gasteiger partial charge in [0.25, 0.3) is 0 Å². The summed E-state index contributed by atoms with van der Waals surface area (Å²) < 4.78 is 0. The van der Waals surface area contributed by atoms with E-state index < -0.39 is 0 Å². The third kappa shape index (κ3) is 3.37. The lowest BCUT2D eigenvalue weighted by atomic mass is 10.0. The fourth-order valence-corrected chi connectivity index (χ4v) is 1.62. The highest BCUT2D eigenvalue weighted by atomic mass is 15.0. The molecule has 0 unspecified atom stereocenters. The Bertz CT molecular complexity index is 367. The fourth-order valence-electron chi connectivity index (χ4n) is 1.62. The van der Waals surface area contributed by atoms with Crippen LogP contribution in [0, 0.1) is 13.8 Å². The number of nitrogens with one attached hydrogen (secondary N) is 1. The molecule has 0 fully saturated rings. The van der Waals surface area contributed by atoms with Crippen LogP contribution in [0.3, 0.4) is 0 Å². The highest BCUT2D eigenvalue weighted by Gasteiger charge is 2.05. The third-order valence-electron chi connectivity index (χ3n) is 2.49. The zero-order chi connectivity index (χ0) is 12.0. The molecule has 1 N–H and O–H groups in total. The van der Waals surface area contributed by atoms with Crippen LogP contribution in [0.2, 0.25) is 0 Å². The van der Waals surface area contributed by atoms with Crippen LogP contribution in [0.25, 0.3) is 0 Å². The van der Waals surface area contributed by atoms with Gasteiger partial charge in [-0.25, -0.2) is 0 Å². The van der Waals surface area contributed by atoms with Crippen LogP contribution < -0.4 is 5.32 Å². The molecule has 0 amide bonds. The molecule has 1 rings (SSSR count). The Hall–Kier alpha value is -1.31. The minimum Gasteiger partial charge on any atom is -0.370 e. The SMILES string of the molecule is CCCN=C(NCC)c1cc(C)ccc1C. The van der Waals surface area contributed by atoms with Crippen molar-refractivity contribution in [2.24, 2.45) is 4.99 Å². The number of benzene rings is 1. The van der Waals surface area contributed by atoms with Gasteiger partial charge in [0.1, 0.15) is 5.84 Å². The Morgan fingerprint density at radius 1 is 1.25 bits per heavy atom. The quantitative estimate of drug-likeness (QED) is 0.609. The van der Waals surface area contributed by atoms with Crippen LogP contribution in [-0.4, -0.2) is 18.9 Å². The van der Waals surface area contributed by atoms with Crippen LogP contribution in [0.15, 0.2) is 23.2 Å². The van der Waals surface area contributed by atoms with Crippen LogP contribution in [-0.2, 0) is 0 Å². The Morgan fingerprint density at radius 3 is 2.62 bits per heavy atom. The van der Waals surface area contributed by atoms with Crippen molar-refractivity contribution in [2.75, 3.05) is 13.1 Å². The van der Waals surface area contributed by atoms with Gasteiger partial charge in [-0.1, -0.05) is 24.6 Å². The second kappa shape index (κ2) is 6.31. The fraction of sp³-hybridized carbons (Fsp3) is 0.500. The summed E-state index contributed by atoms with van der Waals surface area (Å²) in [6, 6.07) is 6.50. The number of hydrogen-bond donors (Lipinski definition) is 1. The molecule has 0 spiro atoms. The maximum Gasteiger partial charge on any atom is 0.128 e. The molecule has 0 aromatic heterocycles. The normalized spacial score (nSPS) is 11.6. The smallest absolute Gasteiger partial charge is 0.128 e. The maximum atomic E-state index is 4.61. The molecule has 0 saturated heterocycles. The van der Waals surface area contributed by atoms with Gasteiger partial charge in [-0.3, -0.25) is 4.99 Å². The van der Waals surface area contributed by atoms with Gasteiger partial charge in [0.05, 0.1) is 0 Å². The largest absolute Gasteiger partial charge is 0.370 e. The van der Waals surface area contributed by atoms with Gasteiger partial charge in [0.15, 0.2) is 0 Å². The number of rotatable bonds is 4. The molecule has 0 bridgehead atoms. The monoisotopic (exact) mass is 218 g/mol. The summed E-state index contributed by atoms with van der Waals surface area (Å²) in [7, 11) is 0. The highest BCUT2D eigenvalue weighted by Crippen LogP contribution is 2.11. The van der Waals surface area contributed by atoms with Crippen molar-refractivity contribution in [1.29, 1.82) is 0 Å². The first-order valence-corrected chi connectivity index (χ1v) is 6.05. The van der Waals surface area contributed by atoms with Gasteiger partial charge in [-0.05, 0) is 38.8 Å². The van der Waals surface area contributed by atoms with Crippen molar-refractivity contribution >= 4 is 5.84 Å². The van der Waals surface area contributed by atoms with Gasteiger partial charge in [-0.2, -0.15) is 0 Å². The second-order valence-electron chi connectivity index (χ2n) is 4.08. The zero-order valence-electron chi connectivity index (χ0n) is 10.8. The maximum absolute atomic E-state index is 4.61. The molecule has 1 aromatic carbocycles. The van der Waals surface area contributed by atoms with Crippen molar-refractivity contribution in [2.45, 2.75) is 34.1 Å². The first-order valence-electron chi connectivity index (χ1n) is 6.05. The summed E-state index contributed by atoms with van der Waals surface area (Å²) in [5.74, 6) is 1.03. The number of hydrogen-bond acceptors (Lipinski definition) is 1. The van der Waals surface area contributed by atoms with E-state index in [9.17, 15) is 0 Å². The summed E-state index contributed by atoms with van der Waals surface area (Å²) in [4.78, 5) is 4.61. The van der Waals surface area contributed by atoms with E-state index in [1.807, 2.05) is 0 Å². The molecular formula is C14H22N2. The van der Waals surface area contributed by atoms with E-state index in [0.717, 1.165) is 25.3 Å². The molecule has 0 aliphatic rings. The van der Waals surface area contributed by atoms with Crippen LogP contribution in [0.4, 0.5) is 0 Å². The predicted octanol–water partition coefficient (Wildman–Crippen LogP) is 3.07. The number of aliphatic imine (C=N–C) groups is 1. The van der Waals surface area contributed by atoms with Gasteiger partial charge in [0.2, 0.25) is 0 Å². The van der Waals surface area contributed by atoms with Crippen molar-refractivity contribution in [3.63, 3.8) is 0 Å². The van der Waals surface area contributed by atoms with E-state index in [4.69, 9.17) is 0 Å². The molecular weight excluding hydrogens is 196 g/mol. The Balaban J connectivity index is 3.04. The topological polar surface area (TPSA) is 24.4 Å². The number of aryl methyl sites for hydroxylation is 2. The minimum absolute atomic E-state index is 0.885. The summed E-state index contributed by atoms with van der Waals surface area (Å²) in [5.41, 5.74) is 3.79. The molecule has 88 valence electrons. The van der Waals surface area contributed by atoms with Crippen molar-refractivity contribution < 1.29 is 0 Å². The van der Waals surface area contributed by atoms with Crippen LogP contribution in [0.1, 0.15) is 37.0 Å². The third-order valence-corrected chi connectivity index (χ3v) is 2.49. The van der Waals surface area contributed by atoms with Crippen molar-refractivity contribution in [1.82, 2.24) is 5.32 Å². The average molecular weight is 218 g/mol. The molecule has 2 nitrogen and oxygen atoms in total. The van der Waals surface area contributed by atoms with Gasteiger partial charge >= 0.3 is 0 Å². The standard InChI is InChI=1S/C14H22N2/c1-5-9-16-14(15-6-2)13-10-11(3)7-8-12(13)4/h7-8,10H,5-6,9H2,1-4H3,(H,15,16). The van der Waals surface area contributed by atoms with Gasteiger partial charge in [0, 0.05) is 18.7 Å². The van der Waals surface area contributed by atoms with Gasteiger partial charge < -0.3 is 5.32 Å². The molecule has 16 heavy (non-hydrogen) atoms.